The summed E-state index contributed by atoms with van der Waals surface area (Å²) < 4.78 is 0. The lowest BCUT2D eigenvalue weighted by Gasteiger charge is -2.22. The van der Waals surface area contributed by atoms with Gasteiger partial charge in [-0.1, -0.05) is 24.8 Å². The van der Waals surface area contributed by atoms with E-state index < -0.39 is 0 Å². The van der Waals surface area contributed by atoms with Crippen molar-refractivity contribution in [3.05, 3.63) is 81.2 Å². The first kappa shape index (κ1) is 18.9. The van der Waals surface area contributed by atoms with Crippen LogP contribution in [0.4, 0.5) is 0 Å². The fraction of sp³-hybridized carbons (Fsp3) is 0.158. The number of benzene rings is 1. The number of carbonyl (C=O) groups is 2. The molecule has 0 aliphatic carbocycles. The molecule has 0 aliphatic heterocycles. The molecule has 1 aromatic carbocycles. The maximum Gasteiger partial charge on any atom is 0.254 e. The highest BCUT2D eigenvalue weighted by atomic mass is 32.1. The van der Waals surface area contributed by atoms with Crippen molar-refractivity contribution in [2.45, 2.75) is 19.6 Å². The number of amides is 2. The molecule has 0 spiro atoms. The van der Waals surface area contributed by atoms with E-state index in [4.69, 9.17) is 0 Å². The van der Waals surface area contributed by atoms with E-state index in [0.29, 0.717) is 18.7 Å². The van der Waals surface area contributed by atoms with Crippen LogP contribution in [0.1, 0.15) is 25.7 Å². The van der Waals surface area contributed by atoms with Crippen molar-refractivity contribution in [3.8, 4) is 0 Å². The Morgan fingerprint density at radius 1 is 1.07 bits per heavy atom. The number of thiazole rings is 2. The number of nitrogens with one attached hydrogen (secondary N) is 1. The van der Waals surface area contributed by atoms with Crippen LogP contribution in [-0.2, 0) is 24.4 Å². The van der Waals surface area contributed by atoms with Crippen molar-refractivity contribution in [1.82, 2.24) is 20.2 Å². The Morgan fingerprint density at radius 3 is 2.26 bits per heavy atom. The largest absolute Gasteiger partial charge is 0.348 e. The van der Waals surface area contributed by atoms with Crippen LogP contribution in [0.5, 0.6) is 0 Å². The van der Waals surface area contributed by atoms with Crippen molar-refractivity contribution < 1.29 is 9.59 Å². The van der Waals surface area contributed by atoms with Crippen molar-refractivity contribution in [2.24, 2.45) is 0 Å². The van der Waals surface area contributed by atoms with E-state index >= 15 is 0 Å². The van der Waals surface area contributed by atoms with Crippen molar-refractivity contribution in [3.63, 3.8) is 0 Å². The van der Waals surface area contributed by atoms with Gasteiger partial charge in [0.1, 0.15) is 0 Å². The van der Waals surface area contributed by atoms with Gasteiger partial charge in [-0.25, -0.2) is 0 Å². The highest BCUT2D eigenvalue weighted by molar-refractivity contribution is 7.09. The molecule has 0 radical (unpaired) electrons. The average molecular weight is 399 g/mol. The molecule has 0 aliphatic rings. The number of hydrogen-bond acceptors (Lipinski definition) is 6. The topological polar surface area (TPSA) is 75.2 Å². The Labute approximate surface area is 165 Å². The summed E-state index contributed by atoms with van der Waals surface area (Å²) in [6.45, 7) is 4.65. The van der Waals surface area contributed by atoms with Gasteiger partial charge in [0, 0.05) is 34.3 Å². The molecule has 0 saturated heterocycles. The van der Waals surface area contributed by atoms with Crippen LogP contribution < -0.4 is 5.32 Å². The summed E-state index contributed by atoms with van der Waals surface area (Å²) in [5.41, 5.74) is 4.83. The van der Waals surface area contributed by atoms with Gasteiger partial charge in [-0.05, 0) is 17.7 Å². The zero-order chi connectivity index (χ0) is 19.1. The molecule has 0 fully saturated rings. The fourth-order valence-electron chi connectivity index (χ4n) is 2.52. The van der Waals surface area contributed by atoms with Gasteiger partial charge in [0.05, 0.1) is 24.1 Å². The third-order valence-electron chi connectivity index (χ3n) is 3.83. The molecule has 3 aromatic rings. The average Bonchev–Trinajstić information content (AvgIpc) is 3.39. The molecule has 0 saturated carbocycles. The van der Waals surface area contributed by atoms with E-state index in [1.807, 2.05) is 18.2 Å². The molecule has 2 amide bonds. The first-order valence-electron chi connectivity index (χ1n) is 8.19. The van der Waals surface area contributed by atoms with Crippen LogP contribution in [0.2, 0.25) is 0 Å². The van der Waals surface area contributed by atoms with Gasteiger partial charge in [-0.3, -0.25) is 19.6 Å². The van der Waals surface area contributed by atoms with Gasteiger partial charge in [-0.2, -0.15) is 0 Å². The molecule has 27 heavy (non-hydrogen) atoms. The van der Waals surface area contributed by atoms with Crippen LogP contribution >= 0.6 is 22.7 Å². The van der Waals surface area contributed by atoms with E-state index in [1.54, 1.807) is 34.4 Å². The van der Waals surface area contributed by atoms with E-state index in [-0.39, 0.29) is 18.4 Å². The minimum absolute atomic E-state index is 0.0970. The molecule has 6 nitrogen and oxygen atoms in total. The predicted molar refractivity (Wildman–Crippen MR) is 106 cm³/mol. The van der Waals surface area contributed by atoms with Gasteiger partial charge in [-0.15, -0.1) is 22.7 Å². The van der Waals surface area contributed by atoms with Crippen LogP contribution in [0, 0.1) is 0 Å². The molecule has 2 heterocycles. The Bertz CT molecular complexity index is 871. The zero-order valence-corrected chi connectivity index (χ0v) is 16.1. The van der Waals surface area contributed by atoms with Crippen LogP contribution in [0.25, 0.3) is 0 Å². The molecule has 2 aromatic heterocycles. The fourth-order valence-corrected chi connectivity index (χ4v) is 3.74. The molecule has 0 unspecified atom stereocenters. The smallest absolute Gasteiger partial charge is 0.254 e. The third kappa shape index (κ3) is 5.08. The van der Waals surface area contributed by atoms with E-state index in [1.165, 1.54) is 28.7 Å². The van der Waals surface area contributed by atoms with Gasteiger partial charge >= 0.3 is 0 Å². The highest BCUT2D eigenvalue weighted by Gasteiger charge is 2.20. The Morgan fingerprint density at radius 2 is 1.70 bits per heavy atom. The summed E-state index contributed by atoms with van der Waals surface area (Å²) >= 11 is 3.03. The van der Waals surface area contributed by atoms with E-state index in [9.17, 15) is 9.59 Å². The minimum Gasteiger partial charge on any atom is -0.348 e. The van der Waals surface area contributed by atoms with Gasteiger partial charge in [0.2, 0.25) is 5.91 Å². The molecule has 0 atom stereocenters. The summed E-state index contributed by atoms with van der Waals surface area (Å²) in [7, 11) is 0. The first-order chi connectivity index (χ1) is 13.2. The maximum absolute atomic E-state index is 13.3. The Balaban J connectivity index is 1.84. The molecule has 1 N–H and O–H groups in total. The standard InChI is InChI=1S/C19H18N4O2S2/c1-2-18(24)22-7-14-5-3-4-6-17(14)19(25)23(10-15-8-20-12-26-15)11-16-9-21-13-27-16/h2-6,8-9,12-13H,1,7,10-11H2,(H,22,24). The summed E-state index contributed by atoms with van der Waals surface area (Å²) in [5, 5.41) is 2.73. The molecular formula is C19H18N4O2S2. The van der Waals surface area contributed by atoms with Crippen LogP contribution in [0.3, 0.4) is 0 Å². The lowest BCUT2D eigenvalue weighted by atomic mass is 10.1. The molecule has 8 heteroatoms. The Hall–Kier alpha value is -2.84. The molecular weight excluding hydrogens is 380 g/mol. The van der Waals surface area contributed by atoms with Gasteiger partial charge < -0.3 is 10.2 Å². The SMILES string of the molecule is C=CC(=O)NCc1ccccc1C(=O)N(Cc1cncs1)Cc1cncs1. The van der Waals surface area contributed by atoms with Crippen LogP contribution in [-0.4, -0.2) is 26.7 Å². The first-order valence-corrected chi connectivity index (χ1v) is 9.95. The monoisotopic (exact) mass is 398 g/mol. The van der Waals surface area contributed by atoms with Gasteiger partial charge in [0.25, 0.3) is 5.91 Å². The summed E-state index contributed by atoms with van der Waals surface area (Å²) in [6.07, 6.45) is 4.76. The summed E-state index contributed by atoms with van der Waals surface area (Å²) in [6, 6.07) is 7.30. The summed E-state index contributed by atoms with van der Waals surface area (Å²) in [5.74, 6) is -0.372. The van der Waals surface area contributed by atoms with Crippen LogP contribution in [0.15, 0.2) is 60.3 Å². The molecule has 3 rings (SSSR count). The number of carbonyl (C=O) groups excluding carboxylic acids is 2. The lowest BCUT2D eigenvalue weighted by Crippen LogP contribution is -2.31. The predicted octanol–water partition coefficient (Wildman–Crippen LogP) is 3.24. The van der Waals surface area contributed by atoms with E-state index in [2.05, 4.69) is 21.9 Å². The maximum atomic E-state index is 13.3. The molecule has 0 bridgehead atoms. The second-order valence-electron chi connectivity index (χ2n) is 5.68. The normalized spacial score (nSPS) is 10.4. The number of nitrogens with zero attached hydrogens (tertiary/aromatic N) is 3. The molecule has 138 valence electrons. The zero-order valence-electron chi connectivity index (χ0n) is 14.5. The summed E-state index contributed by atoms with van der Waals surface area (Å²) in [4.78, 5) is 36.8. The third-order valence-corrected chi connectivity index (χ3v) is 5.36. The van der Waals surface area contributed by atoms with Gasteiger partial charge in [0.15, 0.2) is 0 Å². The lowest BCUT2D eigenvalue weighted by molar-refractivity contribution is -0.116. The Kier molecular flexibility index (Phi) is 6.45. The van der Waals surface area contributed by atoms with Crippen molar-refractivity contribution in [2.75, 3.05) is 0 Å². The second kappa shape index (κ2) is 9.20. The highest BCUT2D eigenvalue weighted by Crippen LogP contribution is 2.20. The quantitative estimate of drug-likeness (QED) is 0.591. The number of hydrogen-bond donors (Lipinski definition) is 1. The number of rotatable bonds is 8. The van der Waals surface area contributed by atoms with Crippen molar-refractivity contribution >= 4 is 34.5 Å². The van der Waals surface area contributed by atoms with E-state index in [0.717, 1.165) is 15.3 Å². The second-order valence-corrected chi connectivity index (χ2v) is 7.62. The minimum atomic E-state index is -0.275. The van der Waals surface area contributed by atoms with Crippen molar-refractivity contribution in [1.29, 1.82) is 0 Å². The number of aromatic nitrogens is 2.